The Kier molecular flexibility index (Phi) is 5.67. The average molecular weight is 202 g/mol. The molecule has 0 bridgehead atoms. The van der Waals surface area contributed by atoms with Crippen molar-refractivity contribution in [3.05, 3.63) is 0 Å². The summed E-state index contributed by atoms with van der Waals surface area (Å²) in [7, 11) is 1.71. The van der Waals surface area contributed by atoms with Gasteiger partial charge in [0.1, 0.15) is 0 Å². The normalized spacial score (nSPS) is 10.0. The Balaban J connectivity index is 3.59. The number of urea groups is 1. The quantitative estimate of drug-likeness (QED) is 0.651. The number of carbonyl (C=O) groups is 2. The number of carboxylic acids is 1. The zero-order valence-electron chi connectivity index (χ0n) is 8.91. The van der Waals surface area contributed by atoms with Crippen molar-refractivity contribution in [1.82, 2.24) is 10.2 Å². The van der Waals surface area contributed by atoms with Crippen LogP contribution in [0.1, 0.15) is 26.7 Å². The second-order valence-electron chi connectivity index (χ2n) is 3.43. The van der Waals surface area contributed by atoms with Gasteiger partial charge in [-0.1, -0.05) is 0 Å². The van der Waals surface area contributed by atoms with Crippen LogP contribution in [0.4, 0.5) is 4.79 Å². The molecule has 0 spiro atoms. The van der Waals surface area contributed by atoms with Gasteiger partial charge in [0.05, 0.1) is 0 Å². The number of amides is 2. The van der Waals surface area contributed by atoms with E-state index in [1.165, 1.54) is 0 Å². The Morgan fingerprint density at radius 3 is 2.43 bits per heavy atom. The summed E-state index contributed by atoms with van der Waals surface area (Å²) in [5.41, 5.74) is 0. The van der Waals surface area contributed by atoms with Crippen molar-refractivity contribution >= 4 is 12.0 Å². The maximum absolute atomic E-state index is 11.3. The molecule has 0 aliphatic rings. The molecule has 0 rings (SSSR count). The average Bonchev–Trinajstić information content (AvgIpc) is 2.10. The lowest BCUT2D eigenvalue weighted by molar-refractivity contribution is -0.137. The van der Waals surface area contributed by atoms with Crippen LogP contribution in [-0.4, -0.2) is 41.6 Å². The molecule has 82 valence electrons. The van der Waals surface area contributed by atoms with E-state index in [1.807, 2.05) is 13.8 Å². The number of hydrogen-bond donors (Lipinski definition) is 2. The first-order valence-electron chi connectivity index (χ1n) is 4.67. The van der Waals surface area contributed by atoms with Gasteiger partial charge in [0.2, 0.25) is 0 Å². The Labute approximate surface area is 84.1 Å². The Hall–Kier alpha value is -1.26. The highest BCUT2D eigenvalue weighted by Gasteiger charge is 2.10. The van der Waals surface area contributed by atoms with E-state index in [-0.39, 0.29) is 18.5 Å². The maximum Gasteiger partial charge on any atom is 0.317 e. The fourth-order valence-electron chi connectivity index (χ4n) is 0.794. The highest BCUT2D eigenvalue weighted by molar-refractivity contribution is 5.74. The molecule has 0 atom stereocenters. The fourth-order valence-corrected chi connectivity index (χ4v) is 0.794. The molecule has 0 radical (unpaired) electrons. The summed E-state index contributed by atoms with van der Waals surface area (Å²) in [6.45, 7) is 4.23. The molecule has 0 unspecified atom stereocenters. The van der Waals surface area contributed by atoms with Crippen LogP contribution in [0.15, 0.2) is 0 Å². The van der Waals surface area contributed by atoms with E-state index < -0.39 is 5.97 Å². The SMILES string of the molecule is CC(C)N(C)C(=O)NCCCC(=O)O. The minimum absolute atomic E-state index is 0.0890. The number of aliphatic carboxylic acids is 1. The van der Waals surface area contributed by atoms with Crippen molar-refractivity contribution < 1.29 is 14.7 Å². The van der Waals surface area contributed by atoms with Gasteiger partial charge < -0.3 is 15.3 Å². The molecule has 5 heteroatoms. The van der Waals surface area contributed by atoms with Crippen LogP contribution in [0, 0.1) is 0 Å². The number of hydrogen-bond acceptors (Lipinski definition) is 2. The van der Waals surface area contributed by atoms with Gasteiger partial charge in [0, 0.05) is 26.1 Å². The third-order valence-electron chi connectivity index (χ3n) is 1.94. The molecular formula is C9H18N2O3. The molecule has 0 fully saturated rings. The van der Waals surface area contributed by atoms with Gasteiger partial charge in [0.25, 0.3) is 0 Å². The molecule has 0 aromatic heterocycles. The molecule has 5 nitrogen and oxygen atoms in total. The largest absolute Gasteiger partial charge is 0.481 e. The third-order valence-corrected chi connectivity index (χ3v) is 1.94. The minimum atomic E-state index is -0.837. The van der Waals surface area contributed by atoms with E-state index in [9.17, 15) is 9.59 Å². The molecule has 14 heavy (non-hydrogen) atoms. The van der Waals surface area contributed by atoms with E-state index in [0.29, 0.717) is 13.0 Å². The molecular weight excluding hydrogens is 184 g/mol. The number of nitrogens with zero attached hydrogens (tertiary/aromatic N) is 1. The van der Waals surface area contributed by atoms with Crippen LogP contribution < -0.4 is 5.32 Å². The second kappa shape index (κ2) is 6.23. The molecule has 2 amide bonds. The molecule has 0 aliphatic heterocycles. The Bertz CT molecular complexity index is 204. The lowest BCUT2D eigenvalue weighted by Gasteiger charge is -2.21. The molecule has 0 heterocycles. The summed E-state index contributed by atoms with van der Waals surface area (Å²) in [5.74, 6) is -0.837. The van der Waals surface area contributed by atoms with Gasteiger partial charge in [-0.05, 0) is 20.3 Å². The molecule has 0 saturated carbocycles. The molecule has 0 aliphatic carbocycles. The van der Waals surface area contributed by atoms with Crippen molar-refractivity contribution in [3.63, 3.8) is 0 Å². The number of carbonyl (C=O) groups excluding carboxylic acids is 1. The molecule has 0 saturated heterocycles. The molecule has 0 aromatic rings. The van der Waals surface area contributed by atoms with Crippen LogP contribution in [0.5, 0.6) is 0 Å². The highest BCUT2D eigenvalue weighted by atomic mass is 16.4. The summed E-state index contributed by atoms with van der Waals surface area (Å²) >= 11 is 0. The first-order chi connectivity index (χ1) is 6.45. The monoisotopic (exact) mass is 202 g/mol. The van der Waals surface area contributed by atoms with Crippen LogP contribution in [0.3, 0.4) is 0 Å². The van der Waals surface area contributed by atoms with E-state index in [1.54, 1.807) is 11.9 Å². The summed E-state index contributed by atoms with van der Waals surface area (Å²) < 4.78 is 0. The van der Waals surface area contributed by atoms with Crippen molar-refractivity contribution in [2.75, 3.05) is 13.6 Å². The van der Waals surface area contributed by atoms with Gasteiger partial charge in [-0.15, -0.1) is 0 Å². The third kappa shape index (κ3) is 5.40. The smallest absolute Gasteiger partial charge is 0.317 e. The lowest BCUT2D eigenvalue weighted by Crippen LogP contribution is -2.41. The summed E-state index contributed by atoms with van der Waals surface area (Å²) in [6.07, 6.45) is 0.554. The fraction of sp³-hybridized carbons (Fsp3) is 0.778. The number of nitrogens with one attached hydrogen (secondary N) is 1. The van der Waals surface area contributed by atoms with E-state index in [4.69, 9.17) is 5.11 Å². The maximum atomic E-state index is 11.3. The Morgan fingerprint density at radius 1 is 1.43 bits per heavy atom. The van der Waals surface area contributed by atoms with Gasteiger partial charge >= 0.3 is 12.0 Å². The van der Waals surface area contributed by atoms with Crippen LogP contribution in [0.25, 0.3) is 0 Å². The van der Waals surface area contributed by atoms with Crippen LogP contribution in [-0.2, 0) is 4.79 Å². The highest BCUT2D eigenvalue weighted by Crippen LogP contribution is 1.94. The zero-order valence-corrected chi connectivity index (χ0v) is 8.91. The van der Waals surface area contributed by atoms with Gasteiger partial charge in [0.15, 0.2) is 0 Å². The predicted molar refractivity (Wildman–Crippen MR) is 53.2 cm³/mol. The summed E-state index contributed by atoms with van der Waals surface area (Å²) in [5, 5.41) is 11.0. The van der Waals surface area contributed by atoms with Gasteiger partial charge in [-0.25, -0.2) is 4.79 Å². The standard InChI is InChI=1S/C9H18N2O3/c1-7(2)11(3)9(14)10-6-4-5-8(12)13/h7H,4-6H2,1-3H3,(H,10,14)(H,12,13). The van der Waals surface area contributed by atoms with Crippen LogP contribution in [0.2, 0.25) is 0 Å². The zero-order chi connectivity index (χ0) is 11.1. The van der Waals surface area contributed by atoms with E-state index >= 15 is 0 Å². The summed E-state index contributed by atoms with van der Waals surface area (Å²) in [6, 6.07) is -0.0140. The molecule has 0 aromatic carbocycles. The van der Waals surface area contributed by atoms with Gasteiger partial charge in [-0.3, -0.25) is 4.79 Å². The van der Waals surface area contributed by atoms with Crippen molar-refractivity contribution in [2.45, 2.75) is 32.7 Å². The van der Waals surface area contributed by atoms with E-state index in [2.05, 4.69) is 5.32 Å². The second-order valence-corrected chi connectivity index (χ2v) is 3.43. The lowest BCUT2D eigenvalue weighted by atomic mass is 10.3. The minimum Gasteiger partial charge on any atom is -0.481 e. The topological polar surface area (TPSA) is 69.6 Å². The number of carboxylic acid groups (broad SMARTS) is 1. The first-order valence-corrected chi connectivity index (χ1v) is 4.67. The summed E-state index contributed by atoms with van der Waals surface area (Å²) in [4.78, 5) is 23.0. The Morgan fingerprint density at radius 2 is 2.00 bits per heavy atom. The van der Waals surface area contributed by atoms with Crippen molar-refractivity contribution in [1.29, 1.82) is 0 Å². The van der Waals surface area contributed by atoms with Crippen LogP contribution >= 0.6 is 0 Å². The predicted octanol–water partition coefficient (Wildman–Crippen LogP) is 0.901. The van der Waals surface area contributed by atoms with Crippen molar-refractivity contribution in [3.8, 4) is 0 Å². The van der Waals surface area contributed by atoms with Crippen molar-refractivity contribution in [2.24, 2.45) is 0 Å². The first kappa shape index (κ1) is 12.7. The molecule has 2 N–H and O–H groups in total. The van der Waals surface area contributed by atoms with Gasteiger partial charge in [-0.2, -0.15) is 0 Å². The van der Waals surface area contributed by atoms with E-state index in [0.717, 1.165) is 0 Å². The number of rotatable bonds is 5.